The van der Waals surface area contributed by atoms with Crippen molar-refractivity contribution < 1.29 is 27.1 Å². The van der Waals surface area contributed by atoms with Crippen molar-refractivity contribution in [3.8, 4) is 6.07 Å². The Kier molecular flexibility index (Phi) is 5.91. The van der Waals surface area contributed by atoms with E-state index in [9.17, 15) is 18.0 Å². The molecule has 2 saturated heterocycles. The number of likely N-dealkylation sites (tertiary alicyclic amines) is 1. The molecular weight excluding hydrogens is 423 g/mol. The van der Waals surface area contributed by atoms with Crippen LogP contribution in [0.15, 0.2) is 41.2 Å². The van der Waals surface area contributed by atoms with E-state index in [4.69, 9.17) is 14.4 Å². The van der Waals surface area contributed by atoms with E-state index in [0.717, 1.165) is 18.9 Å². The normalized spacial score (nSPS) is 20.5. The molecule has 1 unspecified atom stereocenters. The number of methoxy groups -OCH3 is 1. The fourth-order valence-corrected chi connectivity index (χ4v) is 5.01. The predicted octanol–water partition coefficient (Wildman–Crippen LogP) is 4.18. The number of carbonyl (C=O) groups is 1. The molecule has 1 spiro atoms. The summed E-state index contributed by atoms with van der Waals surface area (Å²) in [7, 11) is 1.62. The molecule has 6 nitrogen and oxygen atoms in total. The Bertz CT molecular complexity index is 1010. The SMILES string of the molecule is COCC1CN(c2ccc(C#N)c(C(F)(F)F)c2)CC12CCN(C(=O)c1ccoc1)CC2. The first-order valence-corrected chi connectivity index (χ1v) is 10.4. The number of benzene rings is 1. The lowest BCUT2D eigenvalue weighted by Crippen LogP contribution is -2.47. The topological polar surface area (TPSA) is 69.7 Å². The highest BCUT2D eigenvalue weighted by Gasteiger charge is 2.49. The van der Waals surface area contributed by atoms with Crippen LogP contribution in [0.25, 0.3) is 0 Å². The Morgan fingerprint density at radius 1 is 1.31 bits per heavy atom. The number of anilines is 1. The number of rotatable bonds is 4. The maximum absolute atomic E-state index is 13.4. The minimum Gasteiger partial charge on any atom is -0.472 e. The van der Waals surface area contributed by atoms with Gasteiger partial charge in [-0.3, -0.25) is 4.79 Å². The van der Waals surface area contributed by atoms with Crippen LogP contribution in [0.5, 0.6) is 0 Å². The summed E-state index contributed by atoms with van der Waals surface area (Å²) in [5.41, 5.74) is -0.488. The zero-order chi connectivity index (χ0) is 22.9. The average Bonchev–Trinajstić information content (AvgIpc) is 3.42. The van der Waals surface area contributed by atoms with Crippen molar-refractivity contribution >= 4 is 11.6 Å². The fraction of sp³-hybridized carbons (Fsp3) is 0.478. The highest BCUT2D eigenvalue weighted by molar-refractivity contribution is 5.93. The van der Waals surface area contributed by atoms with Gasteiger partial charge in [-0.05, 0) is 42.5 Å². The van der Waals surface area contributed by atoms with Crippen molar-refractivity contribution in [2.24, 2.45) is 11.3 Å². The summed E-state index contributed by atoms with van der Waals surface area (Å²) >= 11 is 0. The molecule has 32 heavy (non-hydrogen) atoms. The lowest BCUT2D eigenvalue weighted by atomic mass is 9.71. The van der Waals surface area contributed by atoms with E-state index in [-0.39, 0.29) is 22.8 Å². The molecule has 4 rings (SSSR count). The van der Waals surface area contributed by atoms with Crippen molar-refractivity contribution in [1.82, 2.24) is 4.90 Å². The predicted molar refractivity (Wildman–Crippen MR) is 110 cm³/mol. The molecule has 1 aromatic carbocycles. The van der Waals surface area contributed by atoms with Gasteiger partial charge < -0.3 is 19.0 Å². The molecular formula is C23H24F3N3O3. The number of nitrogens with zero attached hydrogens (tertiary/aromatic N) is 3. The molecule has 2 aliphatic rings. The zero-order valence-corrected chi connectivity index (χ0v) is 17.7. The third-order valence-electron chi connectivity index (χ3n) is 6.79. The van der Waals surface area contributed by atoms with Crippen LogP contribution in [0.4, 0.5) is 18.9 Å². The molecule has 0 N–H and O–H groups in total. The third-order valence-corrected chi connectivity index (χ3v) is 6.79. The molecule has 1 amide bonds. The van der Waals surface area contributed by atoms with Crippen molar-refractivity contribution in [3.05, 3.63) is 53.5 Å². The van der Waals surface area contributed by atoms with E-state index < -0.39 is 11.7 Å². The monoisotopic (exact) mass is 447 g/mol. The van der Waals surface area contributed by atoms with Gasteiger partial charge in [-0.2, -0.15) is 18.4 Å². The van der Waals surface area contributed by atoms with Crippen LogP contribution < -0.4 is 4.90 Å². The summed E-state index contributed by atoms with van der Waals surface area (Å²) < 4.78 is 50.8. The van der Waals surface area contributed by atoms with Crippen LogP contribution in [-0.4, -0.2) is 50.7 Å². The van der Waals surface area contributed by atoms with Gasteiger partial charge in [0.25, 0.3) is 5.91 Å². The maximum atomic E-state index is 13.4. The molecule has 2 fully saturated rings. The van der Waals surface area contributed by atoms with E-state index in [2.05, 4.69) is 0 Å². The number of alkyl halides is 3. The summed E-state index contributed by atoms with van der Waals surface area (Å²) in [4.78, 5) is 16.4. The first-order valence-electron chi connectivity index (χ1n) is 10.4. The van der Waals surface area contributed by atoms with Gasteiger partial charge >= 0.3 is 6.18 Å². The van der Waals surface area contributed by atoms with Gasteiger partial charge in [-0.1, -0.05) is 0 Å². The highest BCUT2D eigenvalue weighted by Crippen LogP contribution is 2.47. The van der Waals surface area contributed by atoms with Gasteiger partial charge in [0, 0.05) is 44.9 Å². The Balaban J connectivity index is 1.54. The summed E-state index contributed by atoms with van der Waals surface area (Å²) in [5, 5.41) is 9.07. The minimum absolute atomic E-state index is 0.0753. The van der Waals surface area contributed by atoms with Crippen molar-refractivity contribution in [2.45, 2.75) is 19.0 Å². The summed E-state index contributed by atoms with van der Waals surface area (Å²) in [6.07, 6.45) is -0.216. The Labute approximate surface area is 184 Å². The number of hydrogen-bond donors (Lipinski definition) is 0. The first kappa shape index (κ1) is 22.2. The van der Waals surface area contributed by atoms with Crippen LogP contribution in [0, 0.1) is 22.7 Å². The van der Waals surface area contributed by atoms with Crippen LogP contribution in [0.3, 0.4) is 0 Å². The number of piperidine rings is 1. The number of ether oxygens (including phenoxy) is 1. The van der Waals surface area contributed by atoms with E-state index in [1.54, 1.807) is 30.2 Å². The maximum Gasteiger partial charge on any atom is 0.417 e. The van der Waals surface area contributed by atoms with Gasteiger partial charge in [0.15, 0.2) is 0 Å². The van der Waals surface area contributed by atoms with Crippen molar-refractivity contribution in [3.63, 3.8) is 0 Å². The molecule has 0 bridgehead atoms. The van der Waals surface area contributed by atoms with Gasteiger partial charge in [-0.15, -0.1) is 0 Å². The molecule has 3 heterocycles. The highest BCUT2D eigenvalue weighted by atomic mass is 19.4. The molecule has 1 atom stereocenters. The van der Waals surface area contributed by atoms with Crippen LogP contribution in [0.1, 0.15) is 34.3 Å². The third kappa shape index (κ3) is 4.07. The average molecular weight is 447 g/mol. The van der Waals surface area contributed by atoms with E-state index in [1.165, 1.54) is 18.6 Å². The second-order valence-electron chi connectivity index (χ2n) is 8.54. The fourth-order valence-electron chi connectivity index (χ4n) is 5.01. The summed E-state index contributed by atoms with van der Waals surface area (Å²) in [6, 6.07) is 7.15. The van der Waals surface area contributed by atoms with E-state index >= 15 is 0 Å². The van der Waals surface area contributed by atoms with Crippen LogP contribution in [-0.2, 0) is 10.9 Å². The number of carbonyl (C=O) groups excluding carboxylic acids is 1. The summed E-state index contributed by atoms with van der Waals surface area (Å²) in [6.45, 7) is 2.78. The van der Waals surface area contributed by atoms with Gasteiger partial charge in [0.1, 0.15) is 6.26 Å². The van der Waals surface area contributed by atoms with Crippen LogP contribution in [0.2, 0.25) is 0 Å². The second kappa shape index (κ2) is 8.51. The van der Waals surface area contributed by atoms with E-state index in [0.29, 0.717) is 44.0 Å². The van der Waals surface area contributed by atoms with Crippen molar-refractivity contribution in [1.29, 1.82) is 5.26 Å². The second-order valence-corrected chi connectivity index (χ2v) is 8.54. The number of amides is 1. The van der Waals surface area contributed by atoms with Gasteiger partial charge in [0.2, 0.25) is 0 Å². The standard InChI is InChI=1S/C23H24F3N3O3/c1-31-14-18-12-29(19-3-2-16(11-27)20(10-19)23(24,25)26)15-22(18)5-7-28(8-6-22)21(30)17-4-9-32-13-17/h2-4,9-10,13,18H,5-8,12,14-15H2,1H3. The smallest absolute Gasteiger partial charge is 0.417 e. The molecule has 2 aliphatic heterocycles. The molecule has 0 saturated carbocycles. The Morgan fingerprint density at radius 2 is 2.06 bits per heavy atom. The largest absolute Gasteiger partial charge is 0.472 e. The van der Waals surface area contributed by atoms with Gasteiger partial charge in [0.05, 0.1) is 35.6 Å². The molecule has 9 heteroatoms. The Hall–Kier alpha value is -2.99. The number of halogens is 3. The quantitative estimate of drug-likeness (QED) is 0.704. The molecule has 1 aromatic heterocycles. The lowest BCUT2D eigenvalue weighted by Gasteiger charge is -2.42. The van der Waals surface area contributed by atoms with Crippen LogP contribution >= 0.6 is 0 Å². The number of hydrogen-bond acceptors (Lipinski definition) is 5. The summed E-state index contributed by atoms with van der Waals surface area (Å²) in [5.74, 6) is 0.0531. The number of furan rings is 1. The van der Waals surface area contributed by atoms with E-state index in [1.807, 2.05) is 4.90 Å². The zero-order valence-electron chi connectivity index (χ0n) is 17.7. The molecule has 0 aliphatic carbocycles. The molecule has 0 radical (unpaired) electrons. The van der Waals surface area contributed by atoms with Gasteiger partial charge in [-0.25, -0.2) is 0 Å². The minimum atomic E-state index is -4.59. The van der Waals surface area contributed by atoms with Crippen molar-refractivity contribution in [2.75, 3.05) is 44.8 Å². The number of nitriles is 1. The first-order chi connectivity index (χ1) is 15.3. The molecule has 2 aromatic rings. The Morgan fingerprint density at radius 3 is 2.66 bits per heavy atom. The lowest BCUT2D eigenvalue weighted by molar-refractivity contribution is -0.137. The molecule has 170 valence electrons.